The molecule has 1 rings (SSSR count). The summed E-state index contributed by atoms with van der Waals surface area (Å²) in [7, 11) is 0. The van der Waals surface area contributed by atoms with Gasteiger partial charge in [-0.25, -0.2) is 4.79 Å². The van der Waals surface area contributed by atoms with Crippen LogP contribution in [0.25, 0.3) is 0 Å². The largest absolute Gasteiger partial charge is 0.289 e. The number of nitrogens with zero attached hydrogens (tertiary/aromatic N) is 1. The molecule has 0 aliphatic carbocycles. The summed E-state index contributed by atoms with van der Waals surface area (Å²) in [6.07, 6.45) is 1.28. The highest BCUT2D eigenvalue weighted by Gasteiger charge is 2.15. The zero-order valence-corrected chi connectivity index (χ0v) is 9.34. The summed E-state index contributed by atoms with van der Waals surface area (Å²) in [5.41, 5.74) is 0.0687. The van der Waals surface area contributed by atoms with Gasteiger partial charge in [0.05, 0.1) is 20.6 Å². The third-order valence-corrected chi connectivity index (χ3v) is 3.16. The van der Waals surface area contributed by atoms with Crippen LogP contribution < -0.4 is 0 Å². The van der Waals surface area contributed by atoms with Gasteiger partial charge < -0.3 is 0 Å². The van der Waals surface area contributed by atoms with E-state index in [9.17, 15) is 13.6 Å². The van der Waals surface area contributed by atoms with Crippen molar-refractivity contribution in [2.45, 2.75) is 10.7 Å². The van der Waals surface area contributed by atoms with Crippen LogP contribution in [0.15, 0.2) is 22.0 Å². The highest BCUT2D eigenvalue weighted by molar-refractivity contribution is 7.99. The minimum Gasteiger partial charge on any atom is -0.211 e. The van der Waals surface area contributed by atoms with Crippen LogP contribution in [0.1, 0.15) is 0 Å². The molecule has 0 radical (unpaired) electrons. The van der Waals surface area contributed by atoms with Crippen LogP contribution in [0, 0.1) is 0 Å². The lowest BCUT2D eigenvalue weighted by Gasteiger charge is -2.06. The maximum Gasteiger partial charge on any atom is 0.289 e. The fourth-order valence-electron chi connectivity index (χ4n) is 0.855. The fourth-order valence-corrected chi connectivity index (χ4v) is 2.10. The van der Waals surface area contributed by atoms with Crippen molar-refractivity contribution in [3.63, 3.8) is 0 Å². The average molecular weight is 270 g/mol. The maximum absolute atomic E-state index is 12.1. The molecule has 1 aromatic rings. The molecule has 1 aromatic carbocycles. The number of aliphatic imine (C=N–C) groups is 1. The Morgan fingerprint density at radius 2 is 2.07 bits per heavy atom. The summed E-state index contributed by atoms with van der Waals surface area (Å²) >= 11 is 11.6. The molecular formula is C8H3Cl2F2NOS. The lowest BCUT2D eigenvalue weighted by Crippen LogP contribution is -1.84. The van der Waals surface area contributed by atoms with Gasteiger partial charge in [-0.1, -0.05) is 35.0 Å². The molecule has 7 heteroatoms. The molecule has 2 nitrogen and oxygen atoms in total. The second-order valence-corrected chi connectivity index (χ2v) is 4.08. The zero-order valence-electron chi connectivity index (χ0n) is 7.01. The Hall–Kier alpha value is -0.610. The molecule has 0 aliphatic rings. The molecule has 0 heterocycles. The van der Waals surface area contributed by atoms with Crippen molar-refractivity contribution in [3.8, 4) is 0 Å². The first kappa shape index (κ1) is 12.5. The standard InChI is InChI=1S/C8H3Cl2F2NOS/c9-4-1-2-5(13-3-14)6(10)7(4)15-8(11)12/h1-2,8H. The molecule has 0 aromatic heterocycles. The molecular weight excluding hydrogens is 267 g/mol. The van der Waals surface area contributed by atoms with E-state index in [0.29, 0.717) is 0 Å². The van der Waals surface area contributed by atoms with Crippen molar-refractivity contribution >= 4 is 46.7 Å². The van der Waals surface area contributed by atoms with Gasteiger partial charge in [-0.15, -0.1) is 0 Å². The molecule has 15 heavy (non-hydrogen) atoms. The number of alkyl halides is 2. The van der Waals surface area contributed by atoms with E-state index < -0.39 is 5.76 Å². The van der Waals surface area contributed by atoms with Gasteiger partial charge in [0.1, 0.15) is 0 Å². The number of thioether (sulfide) groups is 1. The first-order chi connectivity index (χ1) is 7.06. The van der Waals surface area contributed by atoms with Gasteiger partial charge in [0.2, 0.25) is 6.08 Å². The summed E-state index contributed by atoms with van der Waals surface area (Å²) in [6.45, 7) is 0. The molecule has 0 N–H and O–H groups in total. The normalized spacial score (nSPS) is 10.2. The van der Waals surface area contributed by atoms with E-state index in [1.807, 2.05) is 0 Å². The Morgan fingerprint density at radius 3 is 2.60 bits per heavy atom. The Balaban J connectivity index is 3.23. The van der Waals surface area contributed by atoms with Crippen LogP contribution in [0.3, 0.4) is 0 Å². The predicted octanol–water partition coefficient (Wildman–Crippen LogP) is 4.28. The van der Waals surface area contributed by atoms with Gasteiger partial charge in [0.15, 0.2) is 0 Å². The van der Waals surface area contributed by atoms with Gasteiger partial charge in [-0.3, -0.25) is 0 Å². The number of hydrogen-bond acceptors (Lipinski definition) is 3. The van der Waals surface area contributed by atoms with Crippen LogP contribution in [0.2, 0.25) is 10.0 Å². The summed E-state index contributed by atoms with van der Waals surface area (Å²) in [5.74, 6) is -2.64. The van der Waals surface area contributed by atoms with E-state index in [-0.39, 0.29) is 32.4 Å². The van der Waals surface area contributed by atoms with E-state index >= 15 is 0 Å². The molecule has 0 spiro atoms. The van der Waals surface area contributed by atoms with Crippen LogP contribution >= 0.6 is 35.0 Å². The molecule has 0 fully saturated rings. The lowest BCUT2D eigenvalue weighted by atomic mass is 10.3. The molecule has 0 bridgehead atoms. The van der Waals surface area contributed by atoms with Gasteiger partial charge in [-0.2, -0.15) is 13.8 Å². The molecule has 0 amide bonds. The topological polar surface area (TPSA) is 29.4 Å². The molecule has 0 saturated carbocycles. The minimum absolute atomic E-state index is 0.00448. The van der Waals surface area contributed by atoms with Crippen molar-refractivity contribution in [1.29, 1.82) is 0 Å². The number of benzene rings is 1. The SMILES string of the molecule is O=C=Nc1ccc(Cl)c(SC(F)F)c1Cl. The van der Waals surface area contributed by atoms with Crippen molar-refractivity contribution in [3.05, 3.63) is 22.2 Å². The first-order valence-corrected chi connectivity index (χ1v) is 5.20. The van der Waals surface area contributed by atoms with Crippen LogP contribution in [-0.2, 0) is 4.79 Å². The number of halogens is 4. The van der Waals surface area contributed by atoms with E-state index in [0.717, 1.165) is 0 Å². The second kappa shape index (κ2) is 5.47. The monoisotopic (exact) mass is 269 g/mol. The quantitative estimate of drug-likeness (QED) is 0.466. The van der Waals surface area contributed by atoms with Gasteiger partial charge in [0.25, 0.3) is 5.76 Å². The maximum atomic E-state index is 12.1. The molecule has 0 unspecified atom stereocenters. The van der Waals surface area contributed by atoms with Crippen LogP contribution in [0.5, 0.6) is 0 Å². The van der Waals surface area contributed by atoms with Crippen LogP contribution in [0.4, 0.5) is 14.5 Å². The van der Waals surface area contributed by atoms with Gasteiger partial charge >= 0.3 is 0 Å². The van der Waals surface area contributed by atoms with Crippen molar-refractivity contribution < 1.29 is 13.6 Å². The van der Waals surface area contributed by atoms with Gasteiger partial charge in [-0.05, 0) is 12.1 Å². The van der Waals surface area contributed by atoms with E-state index in [4.69, 9.17) is 23.2 Å². The number of isocyanates is 1. The number of carbonyl (C=O) groups excluding carboxylic acids is 1. The predicted molar refractivity (Wildman–Crippen MR) is 56.1 cm³/mol. The Morgan fingerprint density at radius 1 is 1.40 bits per heavy atom. The Bertz CT molecular complexity index is 421. The lowest BCUT2D eigenvalue weighted by molar-refractivity contribution is 0.252. The minimum atomic E-state index is -2.64. The van der Waals surface area contributed by atoms with E-state index in [2.05, 4.69) is 4.99 Å². The highest BCUT2D eigenvalue weighted by atomic mass is 35.5. The van der Waals surface area contributed by atoms with Gasteiger partial charge in [0, 0.05) is 0 Å². The van der Waals surface area contributed by atoms with E-state index in [1.165, 1.54) is 18.2 Å². The molecule has 0 atom stereocenters. The number of rotatable bonds is 3. The van der Waals surface area contributed by atoms with Crippen molar-refractivity contribution in [2.24, 2.45) is 4.99 Å². The van der Waals surface area contributed by atoms with Crippen molar-refractivity contribution in [2.75, 3.05) is 0 Å². The Labute approximate surface area is 98.3 Å². The third-order valence-electron chi connectivity index (χ3n) is 1.40. The fraction of sp³-hybridized carbons (Fsp3) is 0.125. The molecule has 0 saturated heterocycles. The van der Waals surface area contributed by atoms with Crippen molar-refractivity contribution in [1.82, 2.24) is 0 Å². The number of hydrogen-bond donors (Lipinski definition) is 0. The first-order valence-electron chi connectivity index (χ1n) is 3.57. The third kappa shape index (κ3) is 3.18. The average Bonchev–Trinajstić information content (AvgIpc) is 2.17. The smallest absolute Gasteiger partial charge is 0.211 e. The molecule has 0 aliphatic heterocycles. The summed E-state index contributed by atoms with van der Waals surface area (Å²) in [5, 5.41) is 0.0197. The zero-order chi connectivity index (χ0) is 11.4. The summed E-state index contributed by atoms with van der Waals surface area (Å²) < 4.78 is 24.3. The Kier molecular flexibility index (Phi) is 4.54. The molecule has 80 valence electrons. The summed E-state index contributed by atoms with van der Waals surface area (Å²) in [4.78, 5) is 13.3. The highest BCUT2D eigenvalue weighted by Crippen LogP contribution is 2.42. The summed E-state index contributed by atoms with van der Waals surface area (Å²) in [6, 6.07) is 2.69. The second-order valence-electron chi connectivity index (χ2n) is 2.29. The van der Waals surface area contributed by atoms with E-state index in [1.54, 1.807) is 0 Å². The van der Waals surface area contributed by atoms with Crippen LogP contribution in [-0.4, -0.2) is 11.8 Å².